The Morgan fingerprint density at radius 1 is 0.462 bits per heavy atom. The van der Waals surface area contributed by atoms with Crippen LogP contribution in [0.15, 0.2) is 124 Å². The van der Waals surface area contributed by atoms with Crippen molar-refractivity contribution < 1.29 is 63.1 Å². The van der Waals surface area contributed by atoms with Gasteiger partial charge in [-0.2, -0.15) is 0 Å². The summed E-state index contributed by atoms with van der Waals surface area (Å²) in [4.78, 5) is 85.6. The van der Waals surface area contributed by atoms with Gasteiger partial charge in [0.15, 0.2) is 17.3 Å². The van der Waals surface area contributed by atoms with Crippen LogP contribution in [0.3, 0.4) is 0 Å². The average molecular weight is 1420 g/mol. The van der Waals surface area contributed by atoms with E-state index in [4.69, 9.17) is 37.4 Å². The molecule has 0 atom stereocenters. The third-order valence-corrected chi connectivity index (χ3v) is 15.0. The van der Waals surface area contributed by atoms with Crippen LogP contribution in [0.4, 0.5) is 14.4 Å². The van der Waals surface area contributed by atoms with E-state index in [0.717, 1.165) is 75.4 Å². The van der Waals surface area contributed by atoms with Crippen molar-refractivity contribution in [1.82, 2.24) is 14.7 Å². The molecule has 0 aromatic heterocycles. The summed E-state index contributed by atoms with van der Waals surface area (Å²) in [5.41, 5.74) is 3.69. The first-order valence-corrected chi connectivity index (χ1v) is 31.8. The number of rotatable bonds is 10. The number of halogens is 2. The normalized spacial score (nSPS) is 13.8. The second-order valence-corrected chi connectivity index (χ2v) is 27.4. The van der Waals surface area contributed by atoms with Crippen LogP contribution < -0.4 is 0 Å². The number of carboxylic acids is 1. The van der Waals surface area contributed by atoms with Gasteiger partial charge < -0.3 is 44.2 Å². The van der Waals surface area contributed by atoms with E-state index in [1.807, 2.05) is 150 Å². The number of benzene rings is 4. The van der Waals surface area contributed by atoms with Gasteiger partial charge in [0.1, 0.15) is 24.6 Å². The highest BCUT2D eigenvalue weighted by Crippen LogP contribution is 2.30. The van der Waals surface area contributed by atoms with Gasteiger partial charge in [0, 0.05) is 84.2 Å². The van der Waals surface area contributed by atoms with Gasteiger partial charge in [-0.3, -0.25) is 14.4 Å². The Labute approximate surface area is 577 Å². The highest BCUT2D eigenvalue weighted by atomic mass is 79.9. The molecule has 3 amide bonds. The van der Waals surface area contributed by atoms with Crippen molar-refractivity contribution >= 4 is 86.9 Å². The summed E-state index contributed by atoms with van der Waals surface area (Å²) in [5.74, 6) is 0.0750. The Hall–Kier alpha value is -6.41. The van der Waals surface area contributed by atoms with Gasteiger partial charge in [0.2, 0.25) is 0 Å². The average Bonchev–Trinajstić information content (AvgIpc) is 1.36. The zero-order chi connectivity index (χ0) is 67.7. The summed E-state index contributed by atoms with van der Waals surface area (Å²) in [6.45, 7) is 32.6. The quantitative estimate of drug-likeness (QED) is 0.0766. The lowest BCUT2D eigenvalue weighted by molar-refractivity contribution is -0.107. The molecular weight excluding hydrogens is 1310 g/mol. The van der Waals surface area contributed by atoms with Gasteiger partial charge in [0.25, 0.3) is 0 Å². The summed E-state index contributed by atoms with van der Waals surface area (Å²) in [6, 6.07) is 29.6. The van der Waals surface area contributed by atoms with Crippen LogP contribution in [0.1, 0.15) is 244 Å². The first-order chi connectivity index (χ1) is 41.2. The van der Waals surface area contributed by atoms with Gasteiger partial charge in [-0.05, 0) is 175 Å². The fourth-order valence-electron chi connectivity index (χ4n) is 7.97. The van der Waals surface area contributed by atoms with Crippen molar-refractivity contribution in [3.63, 3.8) is 0 Å². The standard InChI is InChI=1S/C19H27NO3.C19H25NO3.C10H16BNO2.C9H9BrO.C7H5BrO2.C6H14O2.4CH4/c2*1-5-17(21)16-8-6-14(7-9-16)15-10-12-20(13-11-15)18(22)23-19(2,3)4;1-10(2,3)14-9(13)12-6-4-8(11)5-7-12;1-2-9(11)7-3-5-8(10)6-4-7;8-6-3-1-5(2-4-6)7(9)10;1-5(2,7)6(3,4)8;;;;/h6-9,15H,5,10-13H2,1-4H3;6-10H,5,11-13H2,1-4H3;4H,5-7H2,1-3H3;3-6H,2H2,1H3;1-4H,(H,9,10);7-8H,1-4H3;4*1H4. The number of hydrogen-bond acceptors (Lipinski definition) is 12. The molecule has 16 nitrogen and oxygen atoms in total. The number of amides is 3. The summed E-state index contributed by atoms with van der Waals surface area (Å²) >= 11 is 6.51. The Bertz CT molecular complexity index is 2960. The van der Waals surface area contributed by atoms with Gasteiger partial charge >= 0.3 is 24.2 Å². The maximum absolute atomic E-state index is 12.1. The molecule has 1 fully saturated rings. The van der Waals surface area contributed by atoms with Crippen LogP contribution >= 0.6 is 31.9 Å². The SMILES string of the molecule is C.C.C.C.CC(C)(O)C(C)(C)O.CCC(=O)c1ccc(Br)cc1.CCC(=O)c1ccc(C2=CCN(C(=O)OC(C)(C)C)CC2)cc1.CCC(=O)c1ccc(C2CCN(C(=O)OC(C)(C)C)CC2)cc1.O=C(O)c1ccc(Br)cc1.[B]C1=CCN(C(=O)OC(C)(C)C)CC1. The number of hydrogen-bond donors (Lipinski definition) is 3. The van der Waals surface area contributed by atoms with Crippen molar-refractivity contribution in [3.05, 3.63) is 157 Å². The molecule has 0 unspecified atom stereocenters. The molecule has 518 valence electrons. The number of carbonyl (C=O) groups excluding carboxylic acids is 6. The van der Waals surface area contributed by atoms with Gasteiger partial charge in [-0.25, -0.2) is 19.2 Å². The third-order valence-electron chi connectivity index (χ3n) is 13.9. The largest absolute Gasteiger partial charge is 0.478 e. The topological polar surface area (TPSA) is 218 Å². The second-order valence-electron chi connectivity index (χ2n) is 25.6. The zero-order valence-electron chi connectivity index (χ0n) is 55.3. The highest BCUT2D eigenvalue weighted by Gasteiger charge is 2.32. The monoisotopic (exact) mass is 1420 g/mol. The minimum atomic E-state index is -1.01. The zero-order valence-corrected chi connectivity index (χ0v) is 58.4. The molecule has 7 rings (SSSR count). The molecule has 0 bridgehead atoms. The van der Waals surface area contributed by atoms with E-state index in [9.17, 15) is 33.6 Å². The Balaban J connectivity index is -0.00000108. The Kier molecular flexibility index (Phi) is 41.1. The molecule has 4 aromatic rings. The van der Waals surface area contributed by atoms with Crippen molar-refractivity contribution in [1.29, 1.82) is 0 Å². The molecule has 3 aliphatic rings. The number of ether oxygens (including phenoxy) is 3. The Morgan fingerprint density at radius 3 is 1.06 bits per heavy atom. The minimum absolute atomic E-state index is 0. The summed E-state index contributed by atoms with van der Waals surface area (Å²) in [5, 5.41) is 26.7. The highest BCUT2D eigenvalue weighted by molar-refractivity contribution is 9.10. The van der Waals surface area contributed by atoms with Crippen LogP contribution in [-0.4, -0.2) is 147 Å². The van der Waals surface area contributed by atoms with Crippen LogP contribution in [0.25, 0.3) is 5.57 Å². The van der Waals surface area contributed by atoms with Crippen LogP contribution in [-0.2, 0) is 14.2 Å². The summed E-state index contributed by atoms with van der Waals surface area (Å²) in [6.07, 6.45) is 8.18. The lowest BCUT2D eigenvalue weighted by atomic mass is 9.89. The molecule has 19 heteroatoms. The number of aliphatic hydroxyl groups is 2. The number of aromatic carboxylic acids is 1. The fourth-order valence-corrected chi connectivity index (χ4v) is 8.50. The number of carboxylic acid groups (broad SMARTS) is 1. The van der Waals surface area contributed by atoms with E-state index in [1.54, 1.807) is 66.7 Å². The molecule has 3 aliphatic heterocycles. The van der Waals surface area contributed by atoms with E-state index in [1.165, 1.54) is 11.1 Å². The molecule has 1 saturated heterocycles. The predicted octanol–water partition coefficient (Wildman–Crippen LogP) is 18.6. The number of ketones is 3. The smallest absolute Gasteiger partial charge is 0.410 e. The van der Waals surface area contributed by atoms with Gasteiger partial charge in [-0.1, -0.05) is 155 Å². The van der Waals surface area contributed by atoms with Crippen LogP contribution in [0.2, 0.25) is 0 Å². The predicted molar refractivity (Wildman–Crippen MR) is 388 cm³/mol. The van der Waals surface area contributed by atoms with Gasteiger partial charge in [0.05, 0.1) is 16.8 Å². The van der Waals surface area contributed by atoms with E-state index in [2.05, 4.69) is 50.1 Å². The molecule has 3 N–H and O–H groups in total. The van der Waals surface area contributed by atoms with Crippen molar-refractivity contribution in [2.75, 3.05) is 39.3 Å². The second kappa shape index (κ2) is 42.1. The van der Waals surface area contributed by atoms with E-state index < -0.39 is 34.0 Å². The molecule has 4 aromatic carbocycles. The number of Topliss-reactive ketones (excluding diaryl/α,β-unsaturated/α-hetero) is 3. The van der Waals surface area contributed by atoms with Crippen LogP contribution in [0.5, 0.6) is 0 Å². The first-order valence-electron chi connectivity index (χ1n) is 30.2. The molecule has 2 radical (unpaired) electrons. The number of nitrogens with zero attached hydrogens (tertiary/aromatic N) is 3. The molecule has 3 heterocycles. The van der Waals surface area contributed by atoms with Gasteiger partial charge in [-0.15, -0.1) is 5.47 Å². The first kappa shape index (κ1) is 90.8. The molecule has 0 saturated carbocycles. The van der Waals surface area contributed by atoms with Crippen LogP contribution in [0, 0.1) is 0 Å². The lowest BCUT2D eigenvalue weighted by Gasteiger charge is -2.33. The van der Waals surface area contributed by atoms with E-state index in [0.29, 0.717) is 56.9 Å². The number of piperidine rings is 1. The molecule has 93 heavy (non-hydrogen) atoms. The Morgan fingerprint density at radius 2 is 0.774 bits per heavy atom. The summed E-state index contributed by atoms with van der Waals surface area (Å²) < 4.78 is 17.9. The van der Waals surface area contributed by atoms with E-state index in [-0.39, 0.29) is 65.3 Å². The molecule has 0 spiro atoms. The van der Waals surface area contributed by atoms with Crippen molar-refractivity contribution in [3.8, 4) is 0 Å². The number of likely N-dealkylation sites (tertiary alicyclic amines) is 1. The third kappa shape index (κ3) is 35.6. The van der Waals surface area contributed by atoms with Crippen molar-refractivity contribution in [2.45, 2.75) is 219 Å². The maximum Gasteiger partial charge on any atom is 0.410 e. The minimum Gasteiger partial charge on any atom is -0.478 e. The van der Waals surface area contributed by atoms with Crippen molar-refractivity contribution in [2.24, 2.45) is 0 Å². The maximum atomic E-state index is 12.1. The number of carbonyl (C=O) groups is 7. The van der Waals surface area contributed by atoms with E-state index >= 15 is 0 Å². The fraction of sp³-hybridized carbons (Fsp3) is 0.527. The molecule has 0 aliphatic carbocycles. The molecular formula is C74H112BBr2N3O13. The lowest BCUT2D eigenvalue weighted by Crippen LogP contribution is -2.44. The summed E-state index contributed by atoms with van der Waals surface area (Å²) in [7, 11) is 5.61.